The molecule has 3 rings (SSSR count). The molecule has 160 valence electrons. The van der Waals surface area contributed by atoms with Crippen LogP contribution in [0.25, 0.3) is 0 Å². The highest BCUT2D eigenvalue weighted by molar-refractivity contribution is 7.89. The SMILES string of the molecule is CNC(=O)c1ccc(CN(C(=O)c2cc(S(=O)(=O)N(C)C)ccc2Cl)C2CC2)cc1. The Morgan fingerprint density at radius 3 is 2.27 bits per heavy atom. The molecule has 0 radical (unpaired) electrons. The molecule has 0 aliphatic heterocycles. The van der Waals surface area contributed by atoms with E-state index in [4.69, 9.17) is 11.6 Å². The average Bonchev–Trinajstić information content (AvgIpc) is 3.56. The van der Waals surface area contributed by atoms with Crippen LogP contribution in [0.2, 0.25) is 5.02 Å². The first kappa shape index (κ1) is 22.3. The van der Waals surface area contributed by atoms with Gasteiger partial charge in [0, 0.05) is 39.3 Å². The van der Waals surface area contributed by atoms with E-state index >= 15 is 0 Å². The Morgan fingerprint density at radius 2 is 1.73 bits per heavy atom. The van der Waals surface area contributed by atoms with Crippen molar-refractivity contribution in [2.75, 3.05) is 21.1 Å². The van der Waals surface area contributed by atoms with E-state index < -0.39 is 10.0 Å². The van der Waals surface area contributed by atoms with Crippen LogP contribution in [-0.2, 0) is 16.6 Å². The van der Waals surface area contributed by atoms with Gasteiger partial charge in [0.2, 0.25) is 10.0 Å². The normalized spacial score (nSPS) is 13.9. The molecule has 30 heavy (non-hydrogen) atoms. The number of rotatable bonds is 7. The topological polar surface area (TPSA) is 86.8 Å². The third-order valence-electron chi connectivity index (χ3n) is 4.99. The smallest absolute Gasteiger partial charge is 0.255 e. The van der Waals surface area contributed by atoms with Gasteiger partial charge in [0.05, 0.1) is 15.5 Å². The largest absolute Gasteiger partial charge is 0.355 e. The van der Waals surface area contributed by atoms with Gasteiger partial charge >= 0.3 is 0 Å². The summed E-state index contributed by atoms with van der Waals surface area (Å²) in [5.74, 6) is -0.490. The Hall–Kier alpha value is -2.42. The maximum absolute atomic E-state index is 13.3. The van der Waals surface area contributed by atoms with Gasteiger partial charge in [-0.3, -0.25) is 9.59 Å². The van der Waals surface area contributed by atoms with Crippen molar-refractivity contribution >= 4 is 33.4 Å². The molecule has 1 aliphatic carbocycles. The number of carbonyl (C=O) groups excluding carboxylic acids is 2. The molecular weight excluding hydrogens is 426 g/mol. The Balaban J connectivity index is 1.89. The third kappa shape index (κ3) is 4.66. The van der Waals surface area contributed by atoms with Crippen LogP contribution in [0.4, 0.5) is 0 Å². The fraction of sp³-hybridized carbons (Fsp3) is 0.333. The van der Waals surface area contributed by atoms with Gasteiger partial charge in [-0.25, -0.2) is 12.7 Å². The first-order chi connectivity index (χ1) is 14.1. The fourth-order valence-electron chi connectivity index (χ4n) is 3.05. The summed E-state index contributed by atoms with van der Waals surface area (Å²) in [6, 6.07) is 11.3. The summed E-state index contributed by atoms with van der Waals surface area (Å²) in [7, 11) is 0.749. The number of benzene rings is 2. The molecule has 1 N–H and O–H groups in total. The summed E-state index contributed by atoms with van der Waals surface area (Å²) in [5.41, 5.74) is 1.57. The first-order valence-electron chi connectivity index (χ1n) is 9.49. The van der Waals surface area contributed by atoms with E-state index in [2.05, 4.69) is 5.32 Å². The van der Waals surface area contributed by atoms with Crippen LogP contribution in [0.15, 0.2) is 47.4 Å². The molecule has 0 saturated heterocycles. The molecule has 2 aromatic rings. The van der Waals surface area contributed by atoms with Crippen LogP contribution < -0.4 is 5.32 Å². The lowest BCUT2D eigenvalue weighted by atomic mass is 10.1. The Kier molecular flexibility index (Phi) is 6.50. The lowest BCUT2D eigenvalue weighted by molar-refractivity contribution is 0.0729. The van der Waals surface area contributed by atoms with Crippen LogP contribution in [0.3, 0.4) is 0 Å². The molecule has 0 bridgehead atoms. The van der Waals surface area contributed by atoms with E-state index in [1.807, 2.05) is 12.1 Å². The van der Waals surface area contributed by atoms with Gasteiger partial charge < -0.3 is 10.2 Å². The Morgan fingerprint density at radius 1 is 1.10 bits per heavy atom. The Labute approximate surface area is 181 Å². The molecule has 0 unspecified atom stereocenters. The molecular formula is C21H24ClN3O4S. The van der Waals surface area contributed by atoms with Crippen molar-refractivity contribution < 1.29 is 18.0 Å². The molecule has 1 aliphatic rings. The van der Waals surface area contributed by atoms with Gasteiger partial charge in [-0.2, -0.15) is 0 Å². The van der Waals surface area contributed by atoms with E-state index in [0.717, 1.165) is 22.7 Å². The second kappa shape index (κ2) is 8.75. The zero-order valence-corrected chi connectivity index (χ0v) is 18.6. The van der Waals surface area contributed by atoms with Crippen LogP contribution in [-0.4, -0.2) is 56.6 Å². The zero-order chi connectivity index (χ0) is 22.1. The quantitative estimate of drug-likeness (QED) is 0.704. The molecule has 7 nitrogen and oxygen atoms in total. The average molecular weight is 450 g/mol. The highest BCUT2D eigenvalue weighted by Gasteiger charge is 2.34. The number of nitrogens with zero attached hydrogens (tertiary/aromatic N) is 2. The molecule has 9 heteroatoms. The summed E-state index contributed by atoms with van der Waals surface area (Å²) in [6.45, 7) is 0.346. The molecule has 1 saturated carbocycles. The summed E-state index contributed by atoms with van der Waals surface area (Å²) in [5, 5.41) is 2.78. The molecule has 2 amide bonds. The number of amides is 2. The van der Waals surface area contributed by atoms with Gasteiger partial charge in [-0.05, 0) is 48.7 Å². The summed E-state index contributed by atoms with van der Waals surface area (Å²) in [4.78, 5) is 26.7. The molecule has 2 aromatic carbocycles. The van der Waals surface area contributed by atoms with Gasteiger partial charge in [-0.1, -0.05) is 23.7 Å². The molecule has 1 fully saturated rings. The second-order valence-corrected chi connectivity index (χ2v) is 9.93. The second-order valence-electron chi connectivity index (χ2n) is 7.37. The zero-order valence-electron chi connectivity index (χ0n) is 17.1. The van der Waals surface area contributed by atoms with Crippen LogP contribution >= 0.6 is 11.6 Å². The monoisotopic (exact) mass is 449 g/mol. The van der Waals surface area contributed by atoms with Crippen molar-refractivity contribution in [2.24, 2.45) is 0 Å². The van der Waals surface area contributed by atoms with Crippen molar-refractivity contribution in [1.82, 2.24) is 14.5 Å². The van der Waals surface area contributed by atoms with Gasteiger partial charge in [0.25, 0.3) is 11.8 Å². The van der Waals surface area contributed by atoms with Crippen molar-refractivity contribution in [1.29, 1.82) is 0 Å². The minimum Gasteiger partial charge on any atom is -0.355 e. The summed E-state index contributed by atoms with van der Waals surface area (Å²) < 4.78 is 26.0. The highest BCUT2D eigenvalue weighted by atomic mass is 35.5. The predicted octanol–water partition coefficient (Wildman–Crippen LogP) is 2.75. The van der Waals surface area contributed by atoms with Crippen molar-refractivity contribution in [3.8, 4) is 0 Å². The van der Waals surface area contributed by atoms with Crippen LogP contribution in [0.1, 0.15) is 39.1 Å². The number of halogens is 1. The van der Waals surface area contributed by atoms with Crippen LogP contribution in [0.5, 0.6) is 0 Å². The molecule has 0 atom stereocenters. The number of hydrogen-bond acceptors (Lipinski definition) is 4. The number of hydrogen-bond donors (Lipinski definition) is 1. The van der Waals surface area contributed by atoms with E-state index in [-0.39, 0.29) is 33.3 Å². The highest BCUT2D eigenvalue weighted by Crippen LogP contribution is 2.32. The van der Waals surface area contributed by atoms with E-state index in [1.165, 1.54) is 32.3 Å². The summed E-state index contributed by atoms with van der Waals surface area (Å²) >= 11 is 6.26. The van der Waals surface area contributed by atoms with Crippen molar-refractivity contribution in [3.05, 3.63) is 64.2 Å². The summed E-state index contributed by atoms with van der Waals surface area (Å²) in [6.07, 6.45) is 1.77. The van der Waals surface area contributed by atoms with Gasteiger partial charge in [0.1, 0.15) is 0 Å². The minimum absolute atomic E-state index is 0.0194. The third-order valence-corrected chi connectivity index (χ3v) is 7.13. The van der Waals surface area contributed by atoms with E-state index in [9.17, 15) is 18.0 Å². The molecule has 0 spiro atoms. The predicted molar refractivity (Wildman–Crippen MR) is 115 cm³/mol. The van der Waals surface area contributed by atoms with E-state index in [0.29, 0.717) is 12.1 Å². The van der Waals surface area contributed by atoms with E-state index in [1.54, 1.807) is 24.1 Å². The minimum atomic E-state index is -3.69. The number of sulfonamides is 1. The maximum atomic E-state index is 13.3. The fourth-order valence-corrected chi connectivity index (χ4v) is 4.18. The van der Waals surface area contributed by atoms with Gasteiger partial charge in [-0.15, -0.1) is 0 Å². The molecule has 0 aromatic heterocycles. The van der Waals surface area contributed by atoms with Crippen LogP contribution in [0, 0.1) is 0 Å². The number of carbonyl (C=O) groups is 2. The maximum Gasteiger partial charge on any atom is 0.255 e. The lowest BCUT2D eigenvalue weighted by Crippen LogP contribution is -2.33. The van der Waals surface area contributed by atoms with Crippen molar-refractivity contribution in [2.45, 2.75) is 30.3 Å². The molecule has 0 heterocycles. The van der Waals surface area contributed by atoms with Crippen molar-refractivity contribution in [3.63, 3.8) is 0 Å². The lowest BCUT2D eigenvalue weighted by Gasteiger charge is -2.24. The standard InChI is InChI=1S/C21H24ClN3O4S/c1-23-20(26)15-6-4-14(5-7-15)13-25(16-8-9-16)21(27)18-12-17(10-11-19(18)22)30(28,29)24(2)3/h4-7,10-12,16H,8-9,13H2,1-3H3,(H,23,26). The Bertz CT molecular complexity index is 1060. The van der Waals surface area contributed by atoms with Gasteiger partial charge in [0.15, 0.2) is 0 Å². The number of nitrogens with one attached hydrogen (secondary N) is 1. The first-order valence-corrected chi connectivity index (χ1v) is 11.3.